The molecule has 0 aromatic rings. The molecule has 0 saturated heterocycles. The van der Waals surface area contributed by atoms with E-state index in [4.69, 9.17) is 5.73 Å². The van der Waals surface area contributed by atoms with Crippen molar-refractivity contribution in [2.45, 2.75) is 77.7 Å². The van der Waals surface area contributed by atoms with Gasteiger partial charge in [0.25, 0.3) is 0 Å². The van der Waals surface area contributed by atoms with Crippen LogP contribution in [-0.2, 0) is 0 Å². The second-order valence-electron chi connectivity index (χ2n) is 4.16. The third-order valence-corrected chi connectivity index (χ3v) is 2.49. The normalized spacial score (nSPS) is 13.2. The summed E-state index contributed by atoms with van der Waals surface area (Å²) in [5, 5.41) is 0. The molecule has 0 aliphatic heterocycles. The molecule has 0 heterocycles. The average molecular weight is 184 g/mol. The summed E-state index contributed by atoms with van der Waals surface area (Å²) in [6.45, 7) is 4.25. The molecule has 0 aliphatic rings. The van der Waals surface area contributed by atoms with Gasteiger partial charge in [-0.05, 0) is 13.3 Å². The predicted molar refractivity (Wildman–Crippen MR) is 59.8 cm³/mol. The maximum absolute atomic E-state index is 7.35. The minimum atomic E-state index is 0.153. The monoisotopic (exact) mass is 184 g/mol. The molecule has 0 saturated carbocycles. The van der Waals surface area contributed by atoms with Gasteiger partial charge in [0, 0.05) is 6.04 Å². The van der Waals surface area contributed by atoms with Crippen LogP contribution in [0.25, 0.3) is 0 Å². The van der Waals surface area contributed by atoms with Gasteiger partial charge in [-0.25, -0.2) is 0 Å². The Morgan fingerprint density at radius 1 is 0.846 bits per heavy atom. The molecule has 13 heavy (non-hydrogen) atoms. The van der Waals surface area contributed by atoms with Crippen LogP contribution in [0.15, 0.2) is 0 Å². The Balaban J connectivity index is 2.84. The molecule has 0 spiro atoms. The first-order valence-corrected chi connectivity index (χ1v) is 5.98. The number of hydrogen-bond acceptors (Lipinski definition) is 0. The van der Waals surface area contributed by atoms with E-state index in [1.54, 1.807) is 0 Å². The largest absolute Gasteiger partial charge is 0.255 e. The molecule has 0 bridgehead atoms. The highest BCUT2D eigenvalue weighted by molar-refractivity contribution is 4.52. The van der Waals surface area contributed by atoms with Gasteiger partial charge in [0.15, 0.2) is 0 Å². The molecule has 0 amide bonds. The maximum atomic E-state index is 7.35. The van der Waals surface area contributed by atoms with Gasteiger partial charge in [-0.15, -0.1) is 0 Å². The van der Waals surface area contributed by atoms with Crippen LogP contribution in [0.3, 0.4) is 0 Å². The Morgan fingerprint density at radius 3 is 1.77 bits per heavy atom. The lowest BCUT2D eigenvalue weighted by Gasteiger charge is -2.03. The van der Waals surface area contributed by atoms with Crippen LogP contribution in [0.5, 0.6) is 0 Å². The van der Waals surface area contributed by atoms with Crippen LogP contribution >= 0.6 is 0 Å². The molecule has 0 aromatic heterocycles. The lowest BCUT2D eigenvalue weighted by Crippen LogP contribution is -2.00. The highest BCUT2D eigenvalue weighted by Gasteiger charge is 1.94. The van der Waals surface area contributed by atoms with E-state index < -0.39 is 0 Å². The third kappa shape index (κ3) is 12.0. The molecule has 1 nitrogen and oxygen atoms in total. The van der Waals surface area contributed by atoms with Gasteiger partial charge >= 0.3 is 0 Å². The van der Waals surface area contributed by atoms with Crippen molar-refractivity contribution in [3.8, 4) is 0 Å². The second-order valence-corrected chi connectivity index (χ2v) is 4.16. The number of unbranched alkanes of at least 4 members (excludes halogenated alkanes) is 7. The SMILES string of the molecule is CCCCCCCCCCC(C)[NH]. The van der Waals surface area contributed by atoms with Crippen LogP contribution in [0.4, 0.5) is 0 Å². The molecule has 1 atom stereocenters. The summed E-state index contributed by atoms with van der Waals surface area (Å²) < 4.78 is 0. The Labute approximate surface area is 84.1 Å². The van der Waals surface area contributed by atoms with Crippen LogP contribution in [-0.4, -0.2) is 6.04 Å². The second kappa shape index (κ2) is 10.0. The van der Waals surface area contributed by atoms with Gasteiger partial charge < -0.3 is 0 Å². The fourth-order valence-electron chi connectivity index (χ4n) is 1.58. The van der Waals surface area contributed by atoms with E-state index in [-0.39, 0.29) is 6.04 Å². The number of nitrogens with one attached hydrogen (secondary N) is 1. The molecule has 0 aromatic carbocycles. The van der Waals surface area contributed by atoms with E-state index in [1.807, 2.05) is 6.92 Å². The Hall–Kier alpha value is -0.0400. The molecule has 0 fully saturated rings. The predicted octanol–water partition coefficient (Wildman–Crippen LogP) is 4.19. The van der Waals surface area contributed by atoms with Crippen LogP contribution in [0.1, 0.15) is 71.6 Å². The van der Waals surface area contributed by atoms with Crippen molar-refractivity contribution in [2.24, 2.45) is 0 Å². The lowest BCUT2D eigenvalue weighted by molar-refractivity contribution is 0.536. The molecular weight excluding hydrogens is 158 g/mol. The lowest BCUT2D eigenvalue weighted by atomic mass is 10.1. The first-order chi connectivity index (χ1) is 6.27. The van der Waals surface area contributed by atoms with Gasteiger partial charge in [0.05, 0.1) is 0 Å². The van der Waals surface area contributed by atoms with E-state index in [1.165, 1.54) is 51.4 Å². The van der Waals surface area contributed by atoms with E-state index >= 15 is 0 Å². The zero-order chi connectivity index (χ0) is 9.94. The Kier molecular flexibility index (Phi) is 10.0. The van der Waals surface area contributed by atoms with Crippen molar-refractivity contribution in [3.63, 3.8) is 0 Å². The molecule has 1 N–H and O–H groups in total. The summed E-state index contributed by atoms with van der Waals surface area (Å²) in [4.78, 5) is 0. The highest BCUT2D eigenvalue weighted by atomic mass is 14.6. The summed E-state index contributed by atoms with van der Waals surface area (Å²) in [6, 6.07) is 0.153. The maximum Gasteiger partial charge on any atom is 0.0184 e. The minimum Gasteiger partial charge on any atom is -0.255 e. The Morgan fingerprint density at radius 2 is 1.31 bits per heavy atom. The van der Waals surface area contributed by atoms with E-state index in [9.17, 15) is 0 Å². The third-order valence-electron chi connectivity index (χ3n) is 2.49. The molecule has 0 rings (SSSR count). The Bertz CT molecular complexity index is 89.1. The molecule has 0 aliphatic carbocycles. The summed E-state index contributed by atoms with van der Waals surface area (Å²) in [5.41, 5.74) is 7.35. The molecule has 79 valence electrons. The molecule has 1 heteroatoms. The van der Waals surface area contributed by atoms with Crippen molar-refractivity contribution >= 4 is 0 Å². The summed E-state index contributed by atoms with van der Waals surface area (Å²) in [7, 11) is 0. The summed E-state index contributed by atoms with van der Waals surface area (Å²) in [5.74, 6) is 0. The standard InChI is InChI=1S/C12H26N/c1-3-4-5-6-7-8-9-10-11-12(2)13/h12-13H,3-11H2,1-2H3. The van der Waals surface area contributed by atoms with Gasteiger partial charge in [-0.1, -0.05) is 58.3 Å². The molecule has 1 unspecified atom stereocenters. The van der Waals surface area contributed by atoms with Crippen molar-refractivity contribution in [1.29, 1.82) is 0 Å². The van der Waals surface area contributed by atoms with Crippen molar-refractivity contribution in [1.82, 2.24) is 5.73 Å². The highest BCUT2D eigenvalue weighted by Crippen LogP contribution is 2.10. The molecule has 1 radical (unpaired) electrons. The number of rotatable bonds is 9. The van der Waals surface area contributed by atoms with Crippen molar-refractivity contribution < 1.29 is 0 Å². The smallest absolute Gasteiger partial charge is 0.0184 e. The van der Waals surface area contributed by atoms with Gasteiger partial charge in [-0.2, -0.15) is 0 Å². The fourth-order valence-corrected chi connectivity index (χ4v) is 1.58. The summed E-state index contributed by atoms with van der Waals surface area (Å²) >= 11 is 0. The molecular formula is C12H26N. The van der Waals surface area contributed by atoms with Crippen LogP contribution in [0.2, 0.25) is 0 Å². The van der Waals surface area contributed by atoms with Crippen LogP contribution < -0.4 is 5.73 Å². The minimum absolute atomic E-state index is 0.153. The van der Waals surface area contributed by atoms with Gasteiger partial charge in [0.1, 0.15) is 0 Å². The van der Waals surface area contributed by atoms with Gasteiger partial charge in [0.2, 0.25) is 0 Å². The number of hydrogen-bond donors (Lipinski definition) is 0. The van der Waals surface area contributed by atoms with Crippen molar-refractivity contribution in [3.05, 3.63) is 0 Å². The zero-order valence-corrected chi connectivity index (χ0v) is 9.44. The van der Waals surface area contributed by atoms with E-state index in [0.29, 0.717) is 0 Å². The fraction of sp³-hybridized carbons (Fsp3) is 1.00. The van der Waals surface area contributed by atoms with E-state index in [0.717, 1.165) is 6.42 Å². The topological polar surface area (TPSA) is 23.8 Å². The van der Waals surface area contributed by atoms with Gasteiger partial charge in [-0.3, -0.25) is 5.73 Å². The van der Waals surface area contributed by atoms with Crippen molar-refractivity contribution in [2.75, 3.05) is 0 Å². The van der Waals surface area contributed by atoms with Crippen LogP contribution in [0, 0.1) is 0 Å². The zero-order valence-electron chi connectivity index (χ0n) is 9.44. The first kappa shape index (κ1) is 13.0. The average Bonchev–Trinajstić information content (AvgIpc) is 2.09. The van der Waals surface area contributed by atoms with E-state index in [2.05, 4.69) is 6.92 Å². The first-order valence-electron chi connectivity index (χ1n) is 5.98. The quantitative estimate of drug-likeness (QED) is 0.480. The summed E-state index contributed by atoms with van der Waals surface area (Å²) in [6.07, 6.45) is 12.1.